The molecule has 2 rings (SSSR count). The van der Waals surface area contributed by atoms with Crippen molar-refractivity contribution in [2.24, 2.45) is 5.92 Å². The molecule has 0 amide bonds. The lowest BCUT2D eigenvalue weighted by atomic mass is 9.75. The lowest BCUT2D eigenvalue weighted by molar-refractivity contribution is -0.0512. The maximum atomic E-state index is 12.9. The molecule has 0 bridgehead atoms. The molecule has 4 nitrogen and oxygen atoms in total. The van der Waals surface area contributed by atoms with Crippen LogP contribution in [0.25, 0.3) is 0 Å². The minimum atomic E-state index is -0.680. The average molecular weight is 277 g/mol. The molecule has 1 saturated carbocycles. The Morgan fingerprint density at radius 2 is 2.30 bits per heavy atom. The summed E-state index contributed by atoms with van der Waals surface area (Å²) in [7, 11) is 1.58. The number of carbonyl (C=O) groups excluding carboxylic acids is 1. The molecule has 110 valence electrons. The van der Waals surface area contributed by atoms with Crippen molar-refractivity contribution in [3.05, 3.63) is 24.0 Å². The summed E-state index contributed by atoms with van der Waals surface area (Å²) >= 11 is 0. The summed E-state index contributed by atoms with van der Waals surface area (Å²) in [4.78, 5) is 17.0. The summed E-state index contributed by atoms with van der Waals surface area (Å²) in [5.41, 5.74) is -0.104. The van der Waals surface area contributed by atoms with Gasteiger partial charge in [0.2, 0.25) is 0 Å². The maximum Gasteiger partial charge on any atom is 0.196 e. The van der Waals surface area contributed by atoms with Gasteiger partial charge < -0.3 is 9.47 Å². The predicted molar refractivity (Wildman–Crippen MR) is 77.1 cm³/mol. The fraction of sp³-hybridized carbons (Fsp3) is 0.625. The number of ether oxygens (including phenoxy) is 2. The number of rotatable bonds is 5. The molecular weight excluding hydrogens is 254 g/mol. The fourth-order valence-electron chi connectivity index (χ4n) is 3.10. The van der Waals surface area contributed by atoms with Crippen molar-refractivity contribution in [3.63, 3.8) is 0 Å². The molecule has 2 unspecified atom stereocenters. The van der Waals surface area contributed by atoms with Crippen LogP contribution in [0.3, 0.4) is 0 Å². The van der Waals surface area contributed by atoms with Crippen LogP contribution in [0.4, 0.5) is 0 Å². The van der Waals surface area contributed by atoms with Crippen LogP contribution < -0.4 is 4.74 Å². The van der Waals surface area contributed by atoms with Gasteiger partial charge in [0.05, 0.1) is 13.3 Å². The Morgan fingerprint density at radius 1 is 1.50 bits per heavy atom. The van der Waals surface area contributed by atoms with Crippen molar-refractivity contribution in [1.29, 1.82) is 0 Å². The van der Waals surface area contributed by atoms with Gasteiger partial charge >= 0.3 is 0 Å². The van der Waals surface area contributed by atoms with E-state index in [-0.39, 0.29) is 5.78 Å². The van der Waals surface area contributed by atoms with Crippen molar-refractivity contribution in [2.75, 3.05) is 13.7 Å². The molecule has 1 aromatic heterocycles. The molecule has 20 heavy (non-hydrogen) atoms. The lowest BCUT2D eigenvalue weighted by Gasteiger charge is -2.38. The molecule has 0 radical (unpaired) electrons. The van der Waals surface area contributed by atoms with E-state index in [0.29, 0.717) is 23.8 Å². The Labute approximate surface area is 120 Å². The number of aromatic nitrogens is 1. The van der Waals surface area contributed by atoms with Gasteiger partial charge in [0, 0.05) is 18.4 Å². The van der Waals surface area contributed by atoms with Gasteiger partial charge in [0.15, 0.2) is 5.78 Å². The van der Waals surface area contributed by atoms with Gasteiger partial charge in [-0.15, -0.1) is 0 Å². The van der Waals surface area contributed by atoms with Crippen LogP contribution in [0.2, 0.25) is 0 Å². The van der Waals surface area contributed by atoms with Crippen LogP contribution in [0.5, 0.6) is 5.75 Å². The van der Waals surface area contributed by atoms with Gasteiger partial charge in [-0.05, 0) is 38.2 Å². The smallest absolute Gasteiger partial charge is 0.196 e. The molecule has 2 atom stereocenters. The van der Waals surface area contributed by atoms with Crippen LogP contribution in [0.1, 0.15) is 49.9 Å². The normalized spacial score (nSPS) is 26.2. The monoisotopic (exact) mass is 277 g/mol. The van der Waals surface area contributed by atoms with Crippen LogP contribution in [-0.4, -0.2) is 30.1 Å². The molecule has 0 aliphatic heterocycles. The summed E-state index contributed by atoms with van der Waals surface area (Å²) in [6.45, 7) is 4.68. The van der Waals surface area contributed by atoms with Crippen molar-refractivity contribution in [3.8, 4) is 5.75 Å². The van der Waals surface area contributed by atoms with Crippen molar-refractivity contribution in [1.82, 2.24) is 4.98 Å². The third kappa shape index (κ3) is 3.01. The highest BCUT2D eigenvalue weighted by molar-refractivity contribution is 6.02. The van der Waals surface area contributed by atoms with Crippen molar-refractivity contribution < 1.29 is 14.3 Å². The first-order chi connectivity index (χ1) is 9.61. The highest BCUT2D eigenvalue weighted by atomic mass is 16.5. The average Bonchev–Trinajstić information content (AvgIpc) is 2.47. The zero-order valence-electron chi connectivity index (χ0n) is 12.5. The summed E-state index contributed by atoms with van der Waals surface area (Å²) < 4.78 is 11.1. The van der Waals surface area contributed by atoms with E-state index in [9.17, 15) is 4.79 Å². The van der Waals surface area contributed by atoms with E-state index >= 15 is 0 Å². The number of ketones is 1. The Kier molecular flexibility index (Phi) is 4.76. The zero-order valence-corrected chi connectivity index (χ0v) is 12.5. The number of methoxy groups -OCH3 is 1. The second-order valence-corrected chi connectivity index (χ2v) is 5.57. The molecule has 1 fully saturated rings. The molecule has 0 spiro atoms. The highest BCUT2D eigenvalue weighted by Crippen LogP contribution is 2.37. The third-order valence-electron chi connectivity index (χ3n) is 4.00. The van der Waals surface area contributed by atoms with Gasteiger partial charge in [-0.2, -0.15) is 0 Å². The van der Waals surface area contributed by atoms with Gasteiger partial charge in [-0.3, -0.25) is 9.78 Å². The van der Waals surface area contributed by atoms with Crippen molar-refractivity contribution >= 4 is 5.78 Å². The number of hydrogen-bond donors (Lipinski definition) is 0. The molecule has 1 heterocycles. The molecule has 0 aromatic carbocycles. The van der Waals surface area contributed by atoms with Crippen LogP contribution in [0, 0.1) is 5.92 Å². The molecular formula is C16H23NO3. The molecule has 0 saturated heterocycles. The number of pyridine rings is 1. The van der Waals surface area contributed by atoms with Crippen LogP contribution in [0.15, 0.2) is 18.5 Å². The quantitative estimate of drug-likeness (QED) is 0.775. The summed E-state index contributed by atoms with van der Waals surface area (Å²) in [5, 5.41) is 0. The lowest BCUT2D eigenvalue weighted by Crippen LogP contribution is -2.45. The van der Waals surface area contributed by atoms with E-state index in [1.54, 1.807) is 25.6 Å². The maximum absolute atomic E-state index is 12.9. The second-order valence-electron chi connectivity index (χ2n) is 5.57. The fourth-order valence-corrected chi connectivity index (χ4v) is 3.10. The van der Waals surface area contributed by atoms with Crippen molar-refractivity contribution in [2.45, 2.75) is 45.1 Å². The summed E-state index contributed by atoms with van der Waals surface area (Å²) in [5.74, 6) is 1.15. The molecule has 1 aliphatic rings. The largest absolute Gasteiger partial charge is 0.495 e. The molecule has 0 N–H and O–H groups in total. The first-order valence-electron chi connectivity index (χ1n) is 7.29. The number of nitrogens with zero attached hydrogens (tertiary/aromatic N) is 1. The Hall–Kier alpha value is -1.42. The van der Waals surface area contributed by atoms with E-state index in [4.69, 9.17) is 9.47 Å². The Balaban J connectivity index is 2.30. The standard InChI is InChI=1S/C16H23NO3/c1-4-20-16(7-5-6-12(2)9-16)15(18)13-8-14(19-3)11-17-10-13/h8,10-12H,4-7,9H2,1-3H3. The Morgan fingerprint density at radius 3 is 2.95 bits per heavy atom. The highest BCUT2D eigenvalue weighted by Gasteiger charge is 2.43. The number of Topliss-reactive ketones (excluding diaryl/α,β-unsaturated/α-hetero) is 1. The van der Waals surface area contributed by atoms with E-state index in [2.05, 4.69) is 11.9 Å². The van der Waals surface area contributed by atoms with E-state index in [1.807, 2.05) is 6.92 Å². The van der Waals surface area contributed by atoms with E-state index in [0.717, 1.165) is 19.3 Å². The SMILES string of the molecule is CCOC1(C(=O)c2cncc(OC)c2)CCCC(C)C1. The molecule has 4 heteroatoms. The third-order valence-corrected chi connectivity index (χ3v) is 4.00. The van der Waals surface area contributed by atoms with Gasteiger partial charge in [-0.25, -0.2) is 0 Å². The van der Waals surface area contributed by atoms with Crippen LogP contribution in [-0.2, 0) is 4.74 Å². The van der Waals surface area contributed by atoms with Crippen LogP contribution >= 0.6 is 0 Å². The summed E-state index contributed by atoms with van der Waals surface area (Å²) in [6.07, 6.45) is 6.99. The van der Waals surface area contributed by atoms with Gasteiger partial charge in [-0.1, -0.05) is 13.3 Å². The predicted octanol–water partition coefficient (Wildman–Crippen LogP) is 3.26. The number of hydrogen-bond acceptors (Lipinski definition) is 4. The minimum Gasteiger partial charge on any atom is -0.495 e. The first kappa shape index (κ1) is 15.0. The second kappa shape index (κ2) is 6.35. The number of carbonyl (C=O) groups is 1. The molecule has 1 aliphatic carbocycles. The molecule has 1 aromatic rings. The summed E-state index contributed by atoms with van der Waals surface area (Å²) in [6, 6.07) is 1.75. The van der Waals surface area contributed by atoms with E-state index < -0.39 is 5.60 Å². The van der Waals surface area contributed by atoms with E-state index in [1.165, 1.54) is 6.42 Å². The Bertz CT molecular complexity index is 471. The zero-order chi connectivity index (χ0) is 14.6. The van der Waals surface area contributed by atoms with Gasteiger partial charge in [0.1, 0.15) is 11.4 Å². The van der Waals surface area contributed by atoms with Gasteiger partial charge in [0.25, 0.3) is 0 Å². The topological polar surface area (TPSA) is 48.4 Å². The minimum absolute atomic E-state index is 0.0392. The first-order valence-corrected chi connectivity index (χ1v) is 7.29.